The molecule has 0 saturated heterocycles. The van der Waals surface area contributed by atoms with Crippen LogP contribution in [0, 0.1) is 20.8 Å². The fourth-order valence-corrected chi connectivity index (χ4v) is 3.28. The van der Waals surface area contributed by atoms with E-state index in [2.05, 4.69) is 15.1 Å². The summed E-state index contributed by atoms with van der Waals surface area (Å²) < 4.78 is 10.7. The van der Waals surface area contributed by atoms with E-state index in [0.717, 1.165) is 27.6 Å². The van der Waals surface area contributed by atoms with Gasteiger partial charge >= 0.3 is 5.97 Å². The van der Waals surface area contributed by atoms with Gasteiger partial charge in [0, 0.05) is 10.9 Å². The average molecular weight is 373 g/mol. The topological polar surface area (TPSA) is 78.1 Å². The monoisotopic (exact) mass is 373 g/mol. The van der Waals surface area contributed by atoms with Crippen LogP contribution < -0.4 is 0 Å². The zero-order valence-electron chi connectivity index (χ0n) is 15.9. The second kappa shape index (κ2) is 7.23. The highest BCUT2D eigenvalue weighted by Crippen LogP contribution is 2.24. The van der Waals surface area contributed by atoms with Gasteiger partial charge in [0.2, 0.25) is 5.82 Å². The molecule has 140 valence electrons. The van der Waals surface area contributed by atoms with Crippen LogP contribution in [-0.2, 0) is 11.3 Å². The second-order valence-electron chi connectivity index (χ2n) is 6.62. The van der Waals surface area contributed by atoms with Crippen molar-refractivity contribution in [2.24, 2.45) is 0 Å². The highest BCUT2D eigenvalue weighted by Gasteiger charge is 2.19. The smallest absolute Gasteiger partial charge is 0.340 e. The molecule has 0 unspecified atom stereocenters. The number of para-hydroxylation sites is 1. The Balaban J connectivity index is 1.54. The summed E-state index contributed by atoms with van der Waals surface area (Å²) in [4.78, 5) is 21.5. The molecule has 0 radical (unpaired) electrons. The number of pyridine rings is 1. The number of rotatable bonds is 4. The van der Waals surface area contributed by atoms with Crippen LogP contribution >= 0.6 is 0 Å². The molecule has 0 spiro atoms. The molecule has 0 N–H and O–H groups in total. The highest BCUT2D eigenvalue weighted by atomic mass is 16.6. The lowest BCUT2D eigenvalue weighted by Gasteiger charge is -2.11. The van der Waals surface area contributed by atoms with E-state index in [-0.39, 0.29) is 12.5 Å². The third-order valence-electron chi connectivity index (χ3n) is 4.72. The van der Waals surface area contributed by atoms with Gasteiger partial charge in [0.1, 0.15) is 0 Å². The standard InChI is InChI=1S/C22H19N3O3/c1-13-8-4-5-9-16(13)21-24-19(28-25-21)12-27-22(26)20-14(2)17-10-6-7-11-18(17)23-15(20)3/h4-11H,12H2,1-3H3. The molecule has 0 amide bonds. The predicted molar refractivity (Wildman–Crippen MR) is 105 cm³/mol. The van der Waals surface area contributed by atoms with Crippen LogP contribution in [0.25, 0.3) is 22.3 Å². The summed E-state index contributed by atoms with van der Waals surface area (Å²) in [6.07, 6.45) is 0. The zero-order chi connectivity index (χ0) is 19.7. The fourth-order valence-electron chi connectivity index (χ4n) is 3.28. The van der Waals surface area contributed by atoms with Gasteiger partial charge in [-0.25, -0.2) is 4.79 Å². The Bertz CT molecular complexity index is 1180. The van der Waals surface area contributed by atoms with E-state index >= 15 is 0 Å². The minimum atomic E-state index is -0.455. The van der Waals surface area contributed by atoms with E-state index in [9.17, 15) is 4.79 Å². The van der Waals surface area contributed by atoms with Crippen LogP contribution in [0.3, 0.4) is 0 Å². The van der Waals surface area contributed by atoms with Gasteiger partial charge in [-0.05, 0) is 38.0 Å². The van der Waals surface area contributed by atoms with Crippen LogP contribution in [-0.4, -0.2) is 21.1 Å². The maximum absolute atomic E-state index is 12.7. The van der Waals surface area contributed by atoms with Crippen molar-refractivity contribution in [2.45, 2.75) is 27.4 Å². The summed E-state index contributed by atoms with van der Waals surface area (Å²) >= 11 is 0. The van der Waals surface area contributed by atoms with E-state index in [1.807, 2.05) is 62.4 Å². The lowest BCUT2D eigenvalue weighted by Crippen LogP contribution is -2.11. The first-order valence-electron chi connectivity index (χ1n) is 8.96. The minimum absolute atomic E-state index is 0.0938. The van der Waals surface area contributed by atoms with E-state index in [1.54, 1.807) is 6.92 Å². The average Bonchev–Trinajstić information content (AvgIpc) is 3.15. The number of carbonyl (C=O) groups is 1. The third-order valence-corrected chi connectivity index (χ3v) is 4.72. The van der Waals surface area contributed by atoms with E-state index in [0.29, 0.717) is 17.1 Å². The third kappa shape index (κ3) is 3.24. The number of hydrogen-bond donors (Lipinski definition) is 0. The molecule has 28 heavy (non-hydrogen) atoms. The van der Waals surface area contributed by atoms with Crippen LogP contribution in [0.5, 0.6) is 0 Å². The van der Waals surface area contributed by atoms with Gasteiger partial charge in [-0.3, -0.25) is 4.98 Å². The van der Waals surface area contributed by atoms with Crippen molar-refractivity contribution in [3.63, 3.8) is 0 Å². The Morgan fingerprint density at radius 2 is 1.75 bits per heavy atom. The van der Waals surface area contributed by atoms with E-state index < -0.39 is 5.97 Å². The minimum Gasteiger partial charge on any atom is -0.452 e. The summed E-state index contributed by atoms with van der Waals surface area (Å²) in [5.41, 5.74) is 4.73. The number of fused-ring (bicyclic) bond motifs is 1. The fraction of sp³-hybridized carbons (Fsp3) is 0.182. The Labute approximate surface area is 162 Å². The van der Waals surface area contributed by atoms with Gasteiger partial charge < -0.3 is 9.26 Å². The maximum Gasteiger partial charge on any atom is 0.340 e. The maximum atomic E-state index is 12.7. The van der Waals surface area contributed by atoms with Gasteiger partial charge in [-0.1, -0.05) is 47.6 Å². The Morgan fingerprint density at radius 1 is 1.00 bits per heavy atom. The molecule has 4 rings (SSSR count). The van der Waals surface area contributed by atoms with Crippen molar-refractivity contribution >= 4 is 16.9 Å². The van der Waals surface area contributed by atoms with Gasteiger partial charge in [-0.15, -0.1) is 0 Å². The quantitative estimate of drug-likeness (QED) is 0.488. The summed E-state index contributed by atoms with van der Waals surface area (Å²) in [5, 5.41) is 4.91. The first-order chi connectivity index (χ1) is 13.5. The lowest BCUT2D eigenvalue weighted by molar-refractivity contribution is 0.0428. The second-order valence-corrected chi connectivity index (χ2v) is 6.62. The molecule has 2 heterocycles. The molecule has 0 aliphatic heterocycles. The number of hydrogen-bond acceptors (Lipinski definition) is 6. The van der Waals surface area contributed by atoms with Crippen molar-refractivity contribution in [1.29, 1.82) is 0 Å². The zero-order valence-corrected chi connectivity index (χ0v) is 15.9. The number of nitrogens with zero attached hydrogens (tertiary/aromatic N) is 3. The molecular weight excluding hydrogens is 354 g/mol. The molecule has 2 aromatic carbocycles. The highest BCUT2D eigenvalue weighted by molar-refractivity contribution is 5.98. The molecule has 0 aliphatic rings. The normalized spacial score (nSPS) is 11.0. The van der Waals surface area contributed by atoms with Crippen molar-refractivity contribution < 1.29 is 14.1 Å². The number of carbonyl (C=O) groups excluding carboxylic acids is 1. The number of benzene rings is 2. The van der Waals surface area contributed by atoms with Crippen LogP contribution in [0.15, 0.2) is 53.1 Å². The Hall–Kier alpha value is -3.54. The van der Waals surface area contributed by atoms with Gasteiger partial charge in [0.25, 0.3) is 5.89 Å². The van der Waals surface area contributed by atoms with Gasteiger partial charge in [-0.2, -0.15) is 4.98 Å². The Morgan fingerprint density at radius 3 is 2.57 bits per heavy atom. The van der Waals surface area contributed by atoms with Crippen LogP contribution in [0.2, 0.25) is 0 Å². The lowest BCUT2D eigenvalue weighted by atomic mass is 10.0. The molecule has 4 aromatic rings. The summed E-state index contributed by atoms with van der Waals surface area (Å²) in [6.45, 7) is 5.59. The number of ether oxygens (including phenoxy) is 1. The molecule has 0 saturated carbocycles. The molecule has 6 heteroatoms. The molecule has 0 aliphatic carbocycles. The number of aromatic nitrogens is 3. The molecule has 0 atom stereocenters. The first kappa shape index (κ1) is 17.9. The summed E-state index contributed by atoms with van der Waals surface area (Å²) in [5.74, 6) is 0.267. The SMILES string of the molecule is Cc1ccccc1-c1noc(COC(=O)c2c(C)nc3ccccc3c2C)n1. The van der Waals surface area contributed by atoms with Crippen molar-refractivity contribution in [2.75, 3.05) is 0 Å². The largest absolute Gasteiger partial charge is 0.452 e. The van der Waals surface area contributed by atoms with Gasteiger partial charge in [0.05, 0.1) is 16.8 Å². The predicted octanol–water partition coefficient (Wildman–Crippen LogP) is 4.57. The van der Waals surface area contributed by atoms with Crippen LogP contribution in [0.1, 0.15) is 33.1 Å². The summed E-state index contributed by atoms with van der Waals surface area (Å²) in [6, 6.07) is 15.5. The van der Waals surface area contributed by atoms with Crippen molar-refractivity contribution in [3.8, 4) is 11.4 Å². The number of aryl methyl sites for hydroxylation is 3. The van der Waals surface area contributed by atoms with Crippen molar-refractivity contribution in [3.05, 3.63) is 76.8 Å². The van der Waals surface area contributed by atoms with E-state index in [4.69, 9.17) is 9.26 Å². The summed E-state index contributed by atoms with van der Waals surface area (Å²) in [7, 11) is 0. The van der Waals surface area contributed by atoms with Crippen LogP contribution in [0.4, 0.5) is 0 Å². The first-order valence-corrected chi connectivity index (χ1v) is 8.96. The molecule has 6 nitrogen and oxygen atoms in total. The molecule has 2 aromatic heterocycles. The van der Waals surface area contributed by atoms with Crippen molar-refractivity contribution in [1.82, 2.24) is 15.1 Å². The van der Waals surface area contributed by atoms with E-state index in [1.165, 1.54) is 0 Å². The molecule has 0 fully saturated rings. The molecular formula is C22H19N3O3. The Kier molecular flexibility index (Phi) is 4.61. The number of esters is 1. The van der Waals surface area contributed by atoms with Gasteiger partial charge in [0.15, 0.2) is 6.61 Å². The molecule has 0 bridgehead atoms.